The quantitative estimate of drug-likeness (QED) is 0.111. The fraction of sp³-hybridized carbons (Fsp3) is 0.111. The summed E-state index contributed by atoms with van der Waals surface area (Å²) in [5, 5.41) is 4.68. The maximum atomic E-state index is 13.2. The van der Waals surface area contributed by atoms with Crippen LogP contribution < -0.4 is 10.6 Å². The van der Waals surface area contributed by atoms with Crippen LogP contribution >= 0.6 is 0 Å². The van der Waals surface area contributed by atoms with E-state index >= 15 is 0 Å². The molecule has 4 aromatic carbocycles. The molecule has 0 aromatic heterocycles. The molecule has 2 aliphatic rings. The van der Waals surface area contributed by atoms with Crippen LogP contribution in [0.2, 0.25) is 0 Å². The Bertz CT molecular complexity index is 1630. The predicted molar refractivity (Wildman–Crippen MR) is 166 cm³/mol. The van der Waals surface area contributed by atoms with E-state index < -0.39 is 35.1 Å². The molecule has 2 saturated carbocycles. The summed E-state index contributed by atoms with van der Waals surface area (Å²) < 4.78 is 51.6. The maximum absolute atomic E-state index is 13.2. The first-order valence-electron chi connectivity index (χ1n) is 14.2. The van der Waals surface area contributed by atoms with Crippen molar-refractivity contribution >= 4 is 46.3 Å². The molecule has 0 radical (unpaired) electrons. The van der Waals surface area contributed by atoms with Gasteiger partial charge in [-0.3, -0.25) is 9.59 Å². The van der Waals surface area contributed by atoms with Gasteiger partial charge in [0.15, 0.2) is 0 Å². The van der Waals surface area contributed by atoms with Crippen LogP contribution in [-0.4, -0.2) is 34.9 Å². The number of hydrogen-bond acceptors (Lipinski definition) is 6. The average molecular weight is 706 g/mol. The summed E-state index contributed by atoms with van der Waals surface area (Å²) in [6.45, 7) is 0. The number of carbonyl (C=O) groups is 6. The zero-order valence-corrected chi connectivity index (χ0v) is 27.1. The van der Waals surface area contributed by atoms with Crippen LogP contribution in [0.5, 0.6) is 0 Å². The molecule has 0 bridgehead atoms. The number of carbonyl (C=O) groups excluding carboxylic acids is 6. The van der Waals surface area contributed by atoms with E-state index in [9.17, 15) is 46.3 Å². The molecule has 2 aliphatic carbocycles. The Balaban J connectivity index is 0.000000243. The zero-order valence-electron chi connectivity index (χ0n) is 25.5. The molecule has 49 heavy (non-hydrogen) atoms. The van der Waals surface area contributed by atoms with Gasteiger partial charge in [0.05, 0.1) is 11.6 Å². The van der Waals surface area contributed by atoms with E-state index in [2.05, 4.69) is 10.6 Å². The molecule has 8 nitrogen and oxygen atoms in total. The Morgan fingerprint density at radius 1 is 0.551 bits per heavy atom. The van der Waals surface area contributed by atoms with Gasteiger partial charge in [0.2, 0.25) is 11.8 Å². The normalized spacial score (nSPS) is 12.7. The number of anilines is 2. The minimum Gasteiger partial charge on any atom is -0.403 e. The van der Waals surface area contributed by atoms with Crippen molar-refractivity contribution in [1.29, 1.82) is 0 Å². The second-order valence-corrected chi connectivity index (χ2v) is 9.77. The summed E-state index contributed by atoms with van der Waals surface area (Å²) in [5.41, 5.74) is 0.605. The van der Waals surface area contributed by atoms with Gasteiger partial charge in [-0.1, -0.05) is 49.2 Å². The smallest absolute Gasteiger partial charge is 0.403 e. The Morgan fingerprint density at radius 2 is 0.898 bits per heavy atom. The molecule has 0 aliphatic heterocycles. The Labute approximate surface area is 294 Å². The summed E-state index contributed by atoms with van der Waals surface area (Å²) >= 11 is 0. The molecule has 2 fully saturated rings. The van der Waals surface area contributed by atoms with Crippen LogP contribution in [0.15, 0.2) is 84.9 Å². The van der Waals surface area contributed by atoms with E-state index in [0.717, 1.165) is 24.3 Å². The number of nitrogens with one attached hydrogen (secondary N) is 2. The molecule has 248 valence electrons. The van der Waals surface area contributed by atoms with Gasteiger partial charge in [-0.2, -0.15) is 12.8 Å². The van der Waals surface area contributed by atoms with Crippen molar-refractivity contribution in [2.75, 3.05) is 10.6 Å². The monoisotopic (exact) mass is 706 g/mol. The summed E-state index contributed by atoms with van der Waals surface area (Å²) in [6, 6.07) is 24.8. The molecular formula is C36H26F4N2O6Ti. The van der Waals surface area contributed by atoms with Crippen LogP contribution in [-0.2, 0) is 40.9 Å². The molecule has 2 N–H and O–H groups in total. The molecule has 0 atom stereocenters. The number of benzene rings is 4. The molecule has 4 aromatic rings. The van der Waals surface area contributed by atoms with E-state index in [1.807, 2.05) is 12.1 Å². The molecule has 0 heterocycles. The number of hydrogen-bond donors (Lipinski definition) is 2. The fourth-order valence-corrected chi connectivity index (χ4v) is 3.79. The second-order valence-electron chi connectivity index (χ2n) is 9.77. The van der Waals surface area contributed by atoms with Gasteiger partial charge in [0.1, 0.15) is 0 Å². The molecule has 13 heteroatoms. The zero-order chi connectivity index (χ0) is 35.1. The van der Waals surface area contributed by atoms with E-state index in [4.69, 9.17) is 0 Å². The van der Waals surface area contributed by atoms with Gasteiger partial charge in [-0.05, 0) is 35.6 Å². The minimum atomic E-state index is -0.922. The van der Waals surface area contributed by atoms with Crippen molar-refractivity contribution < 1.29 is 68.0 Å². The van der Waals surface area contributed by atoms with E-state index in [1.165, 1.54) is 12.8 Å². The summed E-state index contributed by atoms with van der Waals surface area (Å²) in [4.78, 5) is 64.1. The third-order valence-electron chi connectivity index (χ3n) is 6.24. The van der Waals surface area contributed by atoms with Crippen LogP contribution in [0.4, 0.5) is 28.9 Å². The van der Waals surface area contributed by atoms with E-state index in [-0.39, 0.29) is 56.2 Å². The van der Waals surface area contributed by atoms with Gasteiger partial charge in [0, 0.05) is 46.0 Å². The molecule has 0 saturated heterocycles. The maximum Gasteiger partial charge on any atom is 4.00 e. The summed E-state index contributed by atoms with van der Waals surface area (Å²) in [5.74, 6) is -5.45. The van der Waals surface area contributed by atoms with Gasteiger partial charge in [-0.25, -0.2) is 17.6 Å². The largest absolute Gasteiger partial charge is 4.00 e. The minimum absolute atomic E-state index is 0. The van der Waals surface area contributed by atoms with Gasteiger partial charge in [0.25, 0.3) is 0 Å². The van der Waals surface area contributed by atoms with Crippen molar-refractivity contribution in [3.63, 3.8) is 0 Å². The summed E-state index contributed by atoms with van der Waals surface area (Å²) in [7, 11) is 0. The van der Waals surface area contributed by atoms with Gasteiger partial charge in [-0.15, -0.1) is 49.2 Å². The number of Topliss-reactive ketones (excluding diaryl/α,β-unsaturated/α-hetero) is 4. The molecule has 0 spiro atoms. The van der Waals surface area contributed by atoms with E-state index in [0.29, 0.717) is 36.8 Å². The standard InChI is InChI=1S/2C13H8F2NO.2C5H5O2.Ti/c2*14-10-6-7-12(11(15)8-10)16-13(17)9-4-2-1-3-5-9;2*6-4-2-1-3-5(4)7;/h2*1-7H,(H,16,17);2*2H,1,3H2;/q4*-1;+4. The average Bonchev–Trinajstić information content (AvgIpc) is 3.65. The third-order valence-corrected chi connectivity index (χ3v) is 6.24. The first kappa shape index (κ1) is 39.9. The fourth-order valence-electron chi connectivity index (χ4n) is 3.79. The van der Waals surface area contributed by atoms with Gasteiger partial charge < -0.3 is 29.8 Å². The Kier molecular flexibility index (Phi) is 16.4. The van der Waals surface area contributed by atoms with Crippen molar-refractivity contribution in [2.24, 2.45) is 0 Å². The predicted octanol–water partition coefficient (Wildman–Crippen LogP) is 6.28. The number of amides is 2. The topological polar surface area (TPSA) is 126 Å². The van der Waals surface area contributed by atoms with Crippen LogP contribution in [0.1, 0.15) is 46.4 Å². The SMILES string of the molecule is O=C(Nc1ccc(F)[c-]c1F)c1ccccc1.O=C(Nc1ccc(F)[c-]c1F)c1ccccc1.O=C1[CH-]CCC1=O.O=C1[CH-]CCC1=O.[Ti+4]. The van der Waals surface area contributed by atoms with Crippen molar-refractivity contribution in [3.05, 3.63) is 144 Å². The molecular weight excluding hydrogens is 680 g/mol. The molecule has 0 unspecified atom stereocenters. The first-order chi connectivity index (χ1) is 22.9. The van der Waals surface area contributed by atoms with Crippen LogP contribution in [0.25, 0.3) is 0 Å². The van der Waals surface area contributed by atoms with Crippen molar-refractivity contribution in [2.45, 2.75) is 25.7 Å². The van der Waals surface area contributed by atoms with Crippen LogP contribution in [0.3, 0.4) is 0 Å². The van der Waals surface area contributed by atoms with Crippen LogP contribution in [0, 0.1) is 48.2 Å². The van der Waals surface area contributed by atoms with E-state index in [1.54, 1.807) is 60.7 Å². The van der Waals surface area contributed by atoms with Crippen molar-refractivity contribution in [3.8, 4) is 0 Å². The third kappa shape index (κ3) is 13.4. The summed E-state index contributed by atoms with van der Waals surface area (Å²) in [6.07, 6.45) is 5.03. The Morgan fingerprint density at radius 3 is 1.14 bits per heavy atom. The molecule has 2 amide bonds. The molecule has 6 rings (SSSR count). The Hall–Kier alpha value is -5.33. The van der Waals surface area contributed by atoms with Crippen molar-refractivity contribution in [1.82, 2.24) is 0 Å². The van der Waals surface area contributed by atoms with Gasteiger partial charge >= 0.3 is 21.7 Å². The number of ketones is 4. The first-order valence-corrected chi connectivity index (χ1v) is 14.2. The second kappa shape index (κ2) is 20.1. The number of rotatable bonds is 4. The number of halogens is 4.